The van der Waals surface area contributed by atoms with Crippen LogP contribution < -0.4 is 4.74 Å². The van der Waals surface area contributed by atoms with Crippen LogP contribution in [0.1, 0.15) is 5.69 Å². The van der Waals surface area contributed by atoms with Crippen LogP contribution in [0.4, 0.5) is 13.2 Å². The Kier molecular flexibility index (Phi) is 3.94. The topological polar surface area (TPSA) is 54.7 Å². The zero-order valence-electron chi connectivity index (χ0n) is 7.70. The minimum Gasteiger partial charge on any atom is -0.483 e. The van der Waals surface area contributed by atoms with Gasteiger partial charge in [-0.05, 0) is 12.1 Å². The van der Waals surface area contributed by atoms with Crippen LogP contribution in [-0.2, 0) is 0 Å². The van der Waals surface area contributed by atoms with Crippen molar-refractivity contribution in [3.05, 3.63) is 24.0 Å². The van der Waals surface area contributed by atoms with Crippen molar-refractivity contribution in [3.8, 4) is 5.75 Å². The predicted octanol–water partition coefficient (Wildman–Crippen LogP) is 2.40. The molecule has 1 N–H and O–H groups in total. The Labute approximate surface area is 93.3 Å². The van der Waals surface area contributed by atoms with Crippen molar-refractivity contribution in [3.63, 3.8) is 0 Å². The maximum absolute atomic E-state index is 11.8. The molecule has 88 valence electrons. The second-order valence-corrected chi connectivity index (χ2v) is 3.03. The highest BCUT2D eigenvalue weighted by atomic mass is 35.5. The summed E-state index contributed by atoms with van der Waals surface area (Å²) in [4.78, 5) is 3.64. The summed E-state index contributed by atoms with van der Waals surface area (Å²) in [6.45, 7) is -1.39. The molecule has 0 radical (unpaired) electrons. The zero-order valence-corrected chi connectivity index (χ0v) is 8.46. The molecule has 0 saturated carbocycles. The summed E-state index contributed by atoms with van der Waals surface area (Å²) >= 11 is 5.41. The van der Waals surface area contributed by atoms with Crippen LogP contribution in [0.2, 0.25) is 0 Å². The van der Waals surface area contributed by atoms with E-state index in [1.165, 1.54) is 12.1 Å². The SMILES string of the molecule is O/N=C(/Cl)c1ccc(OCC(F)(F)F)cn1. The minimum atomic E-state index is -4.40. The third-order valence-corrected chi connectivity index (χ3v) is 1.71. The van der Waals surface area contributed by atoms with Gasteiger partial charge in [-0.3, -0.25) is 0 Å². The van der Waals surface area contributed by atoms with Gasteiger partial charge in [0.2, 0.25) is 0 Å². The number of alkyl halides is 3. The average molecular weight is 255 g/mol. The molecule has 1 aromatic heterocycles. The molecule has 0 aliphatic heterocycles. The van der Waals surface area contributed by atoms with E-state index in [0.29, 0.717) is 0 Å². The number of hydrogen-bond donors (Lipinski definition) is 1. The van der Waals surface area contributed by atoms with Crippen molar-refractivity contribution in [1.29, 1.82) is 0 Å². The van der Waals surface area contributed by atoms with Crippen molar-refractivity contribution < 1.29 is 23.1 Å². The summed E-state index contributed by atoms with van der Waals surface area (Å²) < 4.78 is 39.8. The molecule has 1 heterocycles. The summed E-state index contributed by atoms with van der Waals surface area (Å²) in [5, 5.41) is 10.7. The zero-order chi connectivity index (χ0) is 12.2. The Bertz CT molecular complexity index is 378. The van der Waals surface area contributed by atoms with Gasteiger partial charge in [-0.15, -0.1) is 0 Å². The van der Waals surface area contributed by atoms with Crippen molar-refractivity contribution in [2.24, 2.45) is 5.16 Å². The molecule has 0 bridgehead atoms. The van der Waals surface area contributed by atoms with Gasteiger partial charge in [0.25, 0.3) is 0 Å². The highest BCUT2D eigenvalue weighted by molar-refractivity contribution is 6.69. The highest BCUT2D eigenvalue weighted by Crippen LogP contribution is 2.18. The molecule has 8 heteroatoms. The summed E-state index contributed by atoms with van der Waals surface area (Å²) in [6.07, 6.45) is -3.35. The molecular formula is C8H6ClF3N2O2. The molecule has 0 atom stereocenters. The van der Waals surface area contributed by atoms with Crippen LogP contribution in [0.3, 0.4) is 0 Å². The minimum absolute atomic E-state index is 0.0523. The quantitative estimate of drug-likeness (QED) is 0.512. The number of nitrogens with zero attached hydrogens (tertiary/aromatic N) is 2. The largest absolute Gasteiger partial charge is 0.483 e. The van der Waals surface area contributed by atoms with Gasteiger partial charge in [0, 0.05) is 0 Å². The fourth-order valence-electron chi connectivity index (χ4n) is 0.804. The standard InChI is InChI=1S/C8H6ClF3N2O2/c9-7(14-15)6-2-1-5(3-13-6)16-4-8(10,11)12/h1-3,15H,4H2/b14-7+. The van der Waals surface area contributed by atoms with Crippen LogP contribution in [0.15, 0.2) is 23.5 Å². The monoisotopic (exact) mass is 254 g/mol. The molecule has 0 unspecified atom stereocenters. The summed E-state index contributed by atoms with van der Waals surface area (Å²) in [6, 6.07) is 2.51. The Morgan fingerprint density at radius 1 is 1.50 bits per heavy atom. The fourth-order valence-corrected chi connectivity index (χ4v) is 0.916. The van der Waals surface area contributed by atoms with Crippen molar-refractivity contribution >= 4 is 16.8 Å². The van der Waals surface area contributed by atoms with Crippen LogP contribution in [0.25, 0.3) is 0 Å². The van der Waals surface area contributed by atoms with E-state index in [1.807, 2.05) is 0 Å². The maximum atomic E-state index is 11.8. The molecule has 0 aliphatic rings. The molecule has 0 saturated heterocycles. The van der Waals surface area contributed by atoms with E-state index in [1.54, 1.807) is 0 Å². The highest BCUT2D eigenvalue weighted by Gasteiger charge is 2.28. The van der Waals surface area contributed by atoms with Gasteiger partial charge >= 0.3 is 6.18 Å². The van der Waals surface area contributed by atoms with E-state index < -0.39 is 12.8 Å². The maximum Gasteiger partial charge on any atom is 0.422 e. The lowest BCUT2D eigenvalue weighted by Gasteiger charge is -2.08. The van der Waals surface area contributed by atoms with E-state index >= 15 is 0 Å². The number of halogens is 4. The lowest BCUT2D eigenvalue weighted by atomic mass is 10.3. The first-order chi connectivity index (χ1) is 7.42. The smallest absolute Gasteiger partial charge is 0.422 e. The summed E-state index contributed by atoms with van der Waals surface area (Å²) in [5.74, 6) is -0.0523. The first-order valence-corrected chi connectivity index (χ1v) is 4.34. The van der Waals surface area contributed by atoms with Crippen LogP contribution in [-0.4, -0.2) is 28.1 Å². The molecule has 16 heavy (non-hydrogen) atoms. The first kappa shape index (κ1) is 12.6. The van der Waals surface area contributed by atoms with E-state index in [4.69, 9.17) is 16.8 Å². The summed E-state index contributed by atoms with van der Waals surface area (Å²) in [5.41, 5.74) is 0.128. The molecule has 0 aromatic carbocycles. The van der Waals surface area contributed by atoms with Crippen molar-refractivity contribution in [1.82, 2.24) is 4.98 Å². The molecule has 4 nitrogen and oxygen atoms in total. The number of oxime groups is 1. The molecule has 0 amide bonds. The van der Waals surface area contributed by atoms with Gasteiger partial charge < -0.3 is 9.94 Å². The van der Waals surface area contributed by atoms with Crippen molar-refractivity contribution in [2.75, 3.05) is 6.61 Å². The second kappa shape index (κ2) is 5.02. The van der Waals surface area contributed by atoms with Gasteiger partial charge in [0.15, 0.2) is 11.8 Å². The van der Waals surface area contributed by atoms with Gasteiger partial charge in [-0.25, -0.2) is 4.98 Å². The summed E-state index contributed by atoms with van der Waals surface area (Å²) in [7, 11) is 0. The molecule has 1 rings (SSSR count). The van der Waals surface area contributed by atoms with E-state index in [0.717, 1.165) is 6.20 Å². The van der Waals surface area contributed by atoms with E-state index in [9.17, 15) is 13.2 Å². The third-order valence-electron chi connectivity index (χ3n) is 1.44. The van der Waals surface area contributed by atoms with Crippen molar-refractivity contribution in [2.45, 2.75) is 6.18 Å². The molecule has 0 aliphatic carbocycles. The number of aromatic nitrogens is 1. The van der Waals surface area contributed by atoms with Gasteiger partial charge in [-0.2, -0.15) is 13.2 Å². The predicted molar refractivity (Wildman–Crippen MR) is 50.0 cm³/mol. The van der Waals surface area contributed by atoms with E-state index in [2.05, 4.69) is 14.9 Å². The molecule has 0 spiro atoms. The van der Waals surface area contributed by atoms with Gasteiger partial charge in [0.05, 0.1) is 6.20 Å². The Hall–Kier alpha value is -1.50. The molecule has 0 fully saturated rings. The lowest BCUT2D eigenvalue weighted by molar-refractivity contribution is -0.153. The molecular weight excluding hydrogens is 249 g/mol. The van der Waals surface area contributed by atoms with Gasteiger partial charge in [0.1, 0.15) is 11.4 Å². The second-order valence-electron chi connectivity index (χ2n) is 2.67. The van der Waals surface area contributed by atoms with E-state index in [-0.39, 0.29) is 16.6 Å². The number of ether oxygens (including phenoxy) is 1. The number of hydrogen-bond acceptors (Lipinski definition) is 4. The Balaban J connectivity index is 2.65. The number of pyridine rings is 1. The Morgan fingerprint density at radius 2 is 2.19 bits per heavy atom. The normalized spacial score (nSPS) is 12.6. The first-order valence-electron chi connectivity index (χ1n) is 3.96. The average Bonchev–Trinajstić information content (AvgIpc) is 2.25. The lowest BCUT2D eigenvalue weighted by Crippen LogP contribution is -2.19. The Morgan fingerprint density at radius 3 is 2.62 bits per heavy atom. The van der Waals surface area contributed by atoms with Crippen LogP contribution in [0.5, 0.6) is 5.75 Å². The number of rotatable bonds is 3. The van der Waals surface area contributed by atoms with Crippen LogP contribution in [0, 0.1) is 0 Å². The molecule has 1 aromatic rings. The fraction of sp³-hybridized carbons (Fsp3) is 0.250. The van der Waals surface area contributed by atoms with Crippen LogP contribution >= 0.6 is 11.6 Å². The third kappa shape index (κ3) is 3.93. The van der Waals surface area contributed by atoms with Gasteiger partial charge in [-0.1, -0.05) is 16.8 Å².